The van der Waals surface area contributed by atoms with E-state index in [0.717, 1.165) is 56.4 Å². The second-order valence-corrected chi connectivity index (χ2v) is 6.99. The van der Waals surface area contributed by atoms with Crippen molar-refractivity contribution in [3.8, 4) is 6.07 Å². The van der Waals surface area contributed by atoms with Gasteiger partial charge in [0.05, 0.1) is 11.6 Å². The summed E-state index contributed by atoms with van der Waals surface area (Å²) < 4.78 is 0. The lowest BCUT2D eigenvalue weighted by Gasteiger charge is -2.39. The van der Waals surface area contributed by atoms with Gasteiger partial charge in [-0.3, -0.25) is 0 Å². The van der Waals surface area contributed by atoms with Gasteiger partial charge >= 0.3 is 0 Å². The maximum absolute atomic E-state index is 9.13. The van der Waals surface area contributed by atoms with E-state index in [1.54, 1.807) is 0 Å². The van der Waals surface area contributed by atoms with Crippen LogP contribution in [0.1, 0.15) is 37.8 Å². The number of nitriles is 1. The summed E-state index contributed by atoms with van der Waals surface area (Å²) in [5, 5.41) is 9.13. The number of hydrogen-bond acceptors (Lipinski definition) is 3. The van der Waals surface area contributed by atoms with E-state index in [4.69, 9.17) is 5.26 Å². The first-order valence-electron chi connectivity index (χ1n) is 8.85. The van der Waals surface area contributed by atoms with Gasteiger partial charge in [0.1, 0.15) is 0 Å². The van der Waals surface area contributed by atoms with Crippen LogP contribution < -0.4 is 4.90 Å². The summed E-state index contributed by atoms with van der Waals surface area (Å²) in [6.07, 6.45) is 3.46. The maximum atomic E-state index is 9.13. The van der Waals surface area contributed by atoms with Crippen LogP contribution in [0, 0.1) is 23.2 Å². The Balaban J connectivity index is 1.67. The second-order valence-electron chi connectivity index (χ2n) is 6.99. The summed E-state index contributed by atoms with van der Waals surface area (Å²) in [7, 11) is 0. The van der Waals surface area contributed by atoms with Crippen LogP contribution in [-0.4, -0.2) is 31.1 Å². The molecule has 1 aliphatic carbocycles. The fourth-order valence-corrected chi connectivity index (χ4v) is 3.69. The molecule has 0 spiro atoms. The standard InChI is InChI=1S/C20H27N3/c1-4-5-18-13-17(14-21)6-7-20(18)23-10-8-22(9-11-23)16(3)19-12-15(19)2/h6-7,13,15,19H,3-5,8-12H2,1-2H3. The first kappa shape index (κ1) is 15.9. The van der Waals surface area contributed by atoms with Gasteiger partial charge in [-0.05, 0) is 42.5 Å². The molecule has 2 aliphatic rings. The van der Waals surface area contributed by atoms with Crippen LogP contribution in [0.15, 0.2) is 30.5 Å². The number of rotatable bonds is 5. The van der Waals surface area contributed by atoms with Gasteiger partial charge in [0.25, 0.3) is 0 Å². The third kappa shape index (κ3) is 3.37. The number of allylic oxidation sites excluding steroid dienone is 1. The molecular weight excluding hydrogens is 282 g/mol. The zero-order valence-corrected chi connectivity index (χ0v) is 14.4. The van der Waals surface area contributed by atoms with E-state index >= 15 is 0 Å². The SMILES string of the molecule is C=C(C1CC1C)N1CCN(c2ccc(C#N)cc2CCC)CC1. The van der Waals surface area contributed by atoms with Crippen molar-refractivity contribution in [1.29, 1.82) is 5.26 Å². The van der Waals surface area contributed by atoms with Gasteiger partial charge < -0.3 is 9.80 Å². The predicted molar refractivity (Wildman–Crippen MR) is 95.3 cm³/mol. The molecule has 1 aliphatic heterocycles. The highest BCUT2D eigenvalue weighted by Gasteiger charge is 2.37. The van der Waals surface area contributed by atoms with Crippen LogP contribution >= 0.6 is 0 Å². The van der Waals surface area contributed by atoms with Crippen LogP contribution in [0.5, 0.6) is 0 Å². The number of piperazine rings is 1. The molecule has 0 amide bonds. The molecule has 3 rings (SSSR count). The molecule has 2 atom stereocenters. The van der Waals surface area contributed by atoms with Crippen LogP contribution in [0.25, 0.3) is 0 Å². The third-order valence-electron chi connectivity index (χ3n) is 5.29. The predicted octanol–water partition coefficient (Wildman–Crippen LogP) is 3.80. The van der Waals surface area contributed by atoms with Gasteiger partial charge in [-0.15, -0.1) is 0 Å². The molecule has 0 radical (unpaired) electrons. The molecule has 0 bridgehead atoms. The van der Waals surface area contributed by atoms with Crippen LogP contribution in [0.2, 0.25) is 0 Å². The highest BCUT2D eigenvalue weighted by atomic mass is 15.3. The van der Waals surface area contributed by atoms with Crippen molar-refractivity contribution in [2.75, 3.05) is 31.1 Å². The Kier molecular flexibility index (Phi) is 4.61. The molecular formula is C20H27N3. The van der Waals surface area contributed by atoms with E-state index in [0.29, 0.717) is 0 Å². The maximum Gasteiger partial charge on any atom is 0.0991 e. The molecule has 122 valence electrons. The highest BCUT2D eigenvalue weighted by molar-refractivity contribution is 5.57. The largest absolute Gasteiger partial charge is 0.372 e. The van der Waals surface area contributed by atoms with Crippen LogP contribution in [0.4, 0.5) is 5.69 Å². The monoisotopic (exact) mass is 309 g/mol. The number of benzene rings is 1. The Bertz CT molecular complexity index is 620. The van der Waals surface area contributed by atoms with Crippen molar-refractivity contribution in [2.45, 2.75) is 33.1 Å². The normalized spacial score (nSPS) is 23.5. The molecule has 0 N–H and O–H groups in total. The number of aryl methyl sites for hydroxylation is 1. The zero-order valence-electron chi connectivity index (χ0n) is 14.4. The van der Waals surface area contributed by atoms with Crippen molar-refractivity contribution in [2.24, 2.45) is 11.8 Å². The average molecular weight is 309 g/mol. The van der Waals surface area contributed by atoms with Crippen molar-refractivity contribution in [3.05, 3.63) is 41.6 Å². The molecule has 3 nitrogen and oxygen atoms in total. The summed E-state index contributed by atoms with van der Waals surface area (Å²) in [5.74, 6) is 1.56. The molecule has 1 heterocycles. The Hall–Kier alpha value is -1.95. The highest BCUT2D eigenvalue weighted by Crippen LogP contribution is 2.44. The second kappa shape index (κ2) is 6.66. The number of hydrogen-bond donors (Lipinski definition) is 0. The molecule has 1 saturated heterocycles. The number of nitrogens with zero attached hydrogens (tertiary/aromatic N) is 3. The quantitative estimate of drug-likeness (QED) is 0.828. The third-order valence-corrected chi connectivity index (χ3v) is 5.29. The zero-order chi connectivity index (χ0) is 16.4. The van der Waals surface area contributed by atoms with E-state index in [2.05, 4.69) is 48.4 Å². The fourth-order valence-electron chi connectivity index (χ4n) is 3.69. The van der Waals surface area contributed by atoms with Crippen LogP contribution in [0.3, 0.4) is 0 Å². The van der Waals surface area contributed by atoms with Crippen molar-refractivity contribution in [1.82, 2.24) is 4.90 Å². The molecule has 3 heteroatoms. The first-order valence-corrected chi connectivity index (χ1v) is 8.85. The molecule has 1 aromatic rings. The first-order chi connectivity index (χ1) is 11.1. The fraction of sp³-hybridized carbons (Fsp3) is 0.550. The van der Waals surface area contributed by atoms with Crippen molar-refractivity contribution >= 4 is 5.69 Å². The summed E-state index contributed by atoms with van der Waals surface area (Å²) in [6, 6.07) is 8.41. The van der Waals surface area contributed by atoms with Gasteiger partial charge in [0.2, 0.25) is 0 Å². The molecule has 2 unspecified atom stereocenters. The molecule has 1 aromatic carbocycles. The van der Waals surface area contributed by atoms with Gasteiger partial charge in [-0.2, -0.15) is 5.26 Å². The van der Waals surface area contributed by atoms with Crippen molar-refractivity contribution < 1.29 is 0 Å². The summed E-state index contributed by atoms with van der Waals surface area (Å²) in [4.78, 5) is 4.96. The number of anilines is 1. The summed E-state index contributed by atoms with van der Waals surface area (Å²) in [6.45, 7) is 13.1. The smallest absolute Gasteiger partial charge is 0.0991 e. The molecule has 1 saturated carbocycles. The van der Waals surface area contributed by atoms with E-state index in [1.165, 1.54) is 23.4 Å². The van der Waals surface area contributed by atoms with Gasteiger partial charge in [0, 0.05) is 43.5 Å². The van der Waals surface area contributed by atoms with Gasteiger partial charge in [0.15, 0.2) is 0 Å². The lowest BCUT2D eigenvalue weighted by atomic mass is 10.0. The molecule has 2 fully saturated rings. The average Bonchev–Trinajstić information content (AvgIpc) is 3.31. The minimum atomic E-state index is 0.729. The topological polar surface area (TPSA) is 30.3 Å². The van der Waals surface area contributed by atoms with Gasteiger partial charge in [-0.25, -0.2) is 0 Å². The van der Waals surface area contributed by atoms with Gasteiger partial charge in [-0.1, -0.05) is 26.8 Å². The lowest BCUT2D eigenvalue weighted by Crippen LogP contribution is -2.46. The minimum absolute atomic E-state index is 0.729. The van der Waals surface area contributed by atoms with E-state index in [-0.39, 0.29) is 0 Å². The Morgan fingerprint density at radius 2 is 2.00 bits per heavy atom. The van der Waals surface area contributed by atoms with E-state index < -0.39 is 0 Å². The Morgan fingerprint density at radius 1 is 1.30 bits per heavy atom. The summed E-state index contributed by atoms with van der Waals surface area (Å²) in [5.41, 5.74) is 4.75. The Labute approximate surface area is 140 Å². The van der Waals surface area contributed by atoms with Crippen molar-refractivity contribution in [3.63, 3.8) is 0 Å². The summed E-state index contributed by atoms with van der Waals surface area (Å²) >= 11 is 0. The Morgan fingerprint density at radius 3 is 2.57 bits per heavy atom. The molecule has 23 heavy (non-hydrogen) atoms. The van der Waals surface area contributed by atoms with Crippen LogP contribution in [-0.2, 0) is 6.42 Å². The van der Waals surface area contributed by atoms with E-state index in [1.807, 2.05) is 6.07 Å². The lowest BCUT2D eigenvalue weighted by molar-refractivity contribution is 0.305. The molecule has 0 aromatic heterocycles. The van der Waals surface area contributed by atoms with E-state index in [9.17, 15) is 0 Å². The minimum Gasteiger partial charge on any atom is -0.372 e.